The Morgan fingerprint density at radius 2 is 2.06 bits per heavy atom. The zero-order valence-electron chi connectivity index (χ0n) is 10.2. The average Bonchev–Trinajstić information content (AvgIpc) is 2.39. The van der Waals surface area contributed by atoms with Crippen molar-refractivity contribution in [2.24, 2.45) is 5.92 Å². The van der Waals surface area contributed by atoms with Crippen molar-refractivity contribution in [1.29, 1.82) is 0 Å². The summed E-state index contributed by atoms with van der Waals surface area (Å²) in [5.41, 5.74) is 2.27. The normalized spacial score (nSPS) is 24.5. The Kier molecular flexibility index (Phi) is 3.77. The minimum Gasteiger partial charge on any atom is -0.481 e. The van der Waals surface area contributed by atoms with E-state index in [4.69, 9.17) is 5.11 Å². The maximum atomic E-state index is 10.9. The van der Waals surface area contributed by atoms with Gasteiger partial charge in [0.25, 0.3) is 0 Å². The molecule has 0 bridgehead atoms. The Hall–Kier alpha value is -1.38. The molecule has 0 radical (unpaired) electrons. The van der Waals surface area contributed by atoms with E-state index in [1.165, 1.54) is 0 Å². The summed E-state index contributed by atoms with van der Waals surface area (Å²) >= 11 is 0. The summed E-state index contributed by atoms with van der Waals surface area (Å²) in [6.45, 7) is 2.10. The first-order valence-electron chi connectivity index (χ1n) is 6.39. The predicted octanol–water partition coefficient (Wildman–Crippen LogP) is 3.00. The summed E-state index contributed by atoms with van der Waals surface area (Å²) in [5.74, 6) is -0.323. The lowest BCUT2D eigenvalue weighted by Crippen LogP contribution is -2.21. The maximum Gasteiger partial charge on any atom is 0.306 e. The molecule has 0 aromatic carbocycles. The summed E-state index contributed by atoms with van der Waals surface area (Å²) in [7, 11) is 0. The van der Waals surface area contributed by atoms with Crippen molar-refractivity contribution < 1.29 is 9.90 Å². The first-order chi connectivity index (χ1) is 8.20. The van der Waals surface area contributed by atoms with Gasteiger partial charge in [-0.1, -0.05) is 13.0 Å². The number of carboxylic acids is 1. The number of aromatic nitrogens is 1. The molecule has 0 amide bonds. The molecule has 1 N–H and O–H groups in total. The van der Waals surface area contributed by atoms with Crippen LogP contribution in [0.3, 0.4) is 0 Å². The quantitative estimate of drug-likeness (QED) is 0.873. The highest BCUT2D eigenvalue weighted by Crippen LogP contribution is 2.35. The third-order valence-electron chi connectivity index (χ3n) is 3.69. The monoisotopic (exact) mass is 233 g/mol. The van der Waals surface area contributed by atoms with Crippen LogP contribution >= 0.6 is 0 Å². The number of pyridine rings is 1. The van der Waals surface area contributed by atoms with E-state index in [1.54, 1.807) is 0 Å². The van der Waals surface area contributed by atoms with E-state index in [1.807, 2.05) is 6.07 Å². The molecule has 17 heavy (non-hydrogen) atoms. The lowest BCUT2D eigenvalue weighted by molar-refractivity contribution is -0.142. The van der Waals surface area contributed by atoms with Crippen LogP contribution < -0.4 is 0 Å². The third-order valence-corrected chi connectivity index (χ3v) is 3.69. The molecule has 1 aromatic rings. The Morgan fingerprint density at radius 3 is 2.65 bits per heavy atom. The van der Waals surface area contributed by atoms with Gasteiger partial charge in [-0.3, -0.25) is 9.78 Å². The number of nitrogens with zero attached hydrogens (tertiary/aromatic N) is 1. The molecule has 0 aliphatic heterocycles. The zero-order valence-corrected chi connectivity index (χ0v) is 10.2. The van der Waals surface area contributed by atoms with Gasteiger partial charge in [0.05, 0.1) is 5.92 Å². The van der Waals surface area contributed by atoms with E-state index in [2.05, 4.69) is 24.0 Å². The van der Waals surface area contributed by atoms with Gasteiger partial charge in [0.1, 0.15) is 0 Å². The molecule has 0 unspecified atom stereocenters. The summed E-state index contributed by atoms with van der Waals surface area (Å²) < 4.78 is 0. The highest BCUT2D eigenvalue weighted by molar-refractivity contribution is 5.70. The van der Waals surface area contributed by atoms with E-state index in [0.29, 0.717) is 5.92 Å². The molecule has 2 rings (SSSR count). The lowest BCUT2D eigenvalue weighted by atomic mass is 9.80. The van der Waals surface area contributed by atoms with Crippen LogP contribution in [0.1, 0.15) is 49.9 Å². The van der Waals surface area contributed by atoms with Gasteiger partial charge in [-0.25, -0.2) is 0 Å². The number of carboxylic acid groups (broad SMARTS) is 1. The minimum atomic E-state index is -0.640. The molecule has 0 atom stereocenters. The summed E-state index contributed by atoms with van der Waals surface area (Å²) in [6.07, 6.45) is 4.45. The van der Waals surface area contributed by atoms with Gasteiger partial charge >= 0.3 is 5.97 Å². The van der Waals surface area contributed by atoms with E-state index >= 15 is 0 Å². The van der Waals surface area contributed by atoms with Crippen molar-refractivity contribution >= 4 is 5.97 Å². The van der Waals surface area contributed by atoms with Crippen LogP contribution in [0.15, 0.2) is 18.2 Å². The molecule has 3 nitrogen and oxygen atoms in total. The van der Waals surface area contributed by atoms with Gasteiger partial charge in [0.15, 0.2) is 0 Å². The van der Waals surface area contributed by atoms with Gasteiger partial charge < -0.3 is 5.11 Å². The van der Waals surface area contributed by atoms with Crippen LogP contribution in [0.25, 0.3) is 0 Å². The SMILES string of the molecule is CCc1cccc(C2CCC(C(=O)O)CC2)n1. The second-order valence-electron chi connectivity index (χ2n) is 4.79. The van der Waals surface area contributed by atoms with E-state index in [9.17, 15) is 4.79 Å². The molecule has 0 spiro atoms. The molecule has 1 fully saturated rings. The van der Waals surface area contributed by atoms with Crippen LogP contribution in [0.5, 0.6) is 0 Å². The fourth-order valence-corrected chi connectivity index (χ4v) is 2.56. The molecule has 92 valence electrons. The van der Waals surface area contributed by atoms with Crippen molar-refractivity contribution in [1.82, 2.24) is 4.98 Å². The molecular weight excluding hydrogens is 214 g/mol. The topological polar surface area (TPSA) is 50.2 Å². The molecule has 3 heteroatoms. The molecule has 0 saturated heterocycles. The van der Waals surface area contributed by atoms with Gasteiger partial charge in [0.2, 0.25) is 0 Å². The maximum absolute atomic E-state index is 10.9. The van der Waals surface area contributed by atoms with Gasteiger partial charge in [-0.15, -0.1) is 0 Å². The van der Waals surface area contributed by atoms with E-state index in [0.717, 1.165) is 43.5 Å². The highest BCUT2D eigenvalue weighted by atomic mass is 16.4. The number of carbonyl (C=O) groups is 1. The highest BCUT2D eigenvalue weighted by Gasteiger charge is 2.27. The Balaban J connectivity index is 2.02. The number of hydrogen-bond acceptors (Lipinski definition) is 2. The smallest absolute Gasteiger partial charge is 0.306 e. The molecule has 1 saturated carbocycles. The number of aliphatic carboxylic acids is 1. The molecular formula is C14H19NO2. The Labute approximate surface area is 102 Å². The standard InChI is InChI=1S/C14H19NO2/c1-2-12-4-3-5-13(15-12)10-6-8-11(9-7-10)14(16)17/h3-5,10-11H,2,6-9H2,1H3,(H,16,17). The van der Waals surface area contributed by atoms with Gasteiger partial charge in [0, 0.05) is 17.3 Å². The molecule has 1 aromatic heterocycles. The third kappa shape index (κ3) is 2.84. The number of aryl methyl sites for hydroxylation is 1. The average molecular weight is 233 g/mol. The van der Waals surface area contributed by atoms with Crippen LogP contribution in [0, 0.1) is 5.92 Å². The molecule has 1 heterocycles. The second-order valence-corrected chi connectivity index (χ2v) is 4.79. The van der Waals surface area contributed by atoms with Crippen molar-refractivity contribution in [3.63, 3.8) is 0 Å². The zero-order chi connectivity index (χ0) is 12.3. The van der Waals surface area contributed by atoms with Gasteiger partial charge in [-0.2, -0.15) is 0 Å². The Morgan fingerprint density at radius 1 is 1.35 bits per heavy atom. The molecule has 1 aliphatic carbocycles. The first kappa shape index (κ1) is 12.1. The Bertz CT molecular complexity index is 395. The van der Waals surface area contributed by atoms with Crippen LogP contribution in [0.4, 0.5) is 0 Å². The van der Waals surface area contributed by atoms with Crippen LogP contribution in [0.2, 0.25) is 0 Å². The summed E-state index contributed by atoms with van der Waals surface area (Å²) in [4.78, 5) is 15.5. The summed E-state index contributed by atoms with van der Waals surface area (Å²) in [5, 5.41) is 8.96. The van der Waals surface area contributed by atoms with Crippen molar-refractivity contribution in [2.45, 2.75) is 44.9 Å². The van der Waals surface area contributed by atoms with Crippen molar-refractivity contribution in [2.75, 3.05) is 0 Å². The second kappa shape index (κ2) is 5.30. The number of rotatable bonds is 3. The first-order valence-corrected chi connectivity index (χ1v) is 6.39. The van der Waals surface area contributed by atoms with E-state index < -0.39 is 5.97 Å². The lowest BCUT2D eigenvalue weighted by Gasteiger charge is -2.25. The fraction of sp³-hybridized carbons (Fsp3) is 0.571. The van der Waals surface area contributed by atoms with Crippen LogP contribution in [-0.2, 0) is 11.2 Å². The van der Waals surface area contributed by atoms with Crippen molar-refractivity contribution in [3.05, 3.63) is 29.6 Å². The minimum absolute atomic E-state index is 0.138. The fourth-order valence-electron chi connectivity index (χ4n) is 2.56. The van der Waals surface area contributed by atoms with Crippen LogP contribution in [-0.4, -0.2) is 16.1 Å². The van der Waals surface area contributed by atoms with Gasteiger partial charge in [-0.05, 0) is 44.2 Å². The largest absolute Gasteiger partial charge is 0.481 e. The molecule has 1 aliphatic rings. The van der Waals surface area contributed by atoms with E-state index in [-0.39, 0.29) is 5.92 Å². The summed E-state index contributed by atoms with van der Waals surface area (Å²) in [6, 6.07) is 6.18. The predicted molar refractivity (Wildman–Crippen MR) is 65.9 cm³/mol. The number of hydrogen-bond donors (Lipinski definition) is 1. The van der Waals surface area contributed by atoms with Crippen molar-refractivity contribution in [3.8, 4) is 0 Å².